The molecular weight excluding hydrogens is 432 g/mol. The number of nitrogens with one attached hydrogen (secondary N) is 1. The van der Waals surface area contributed by atoms with E-state index in [9.17, 15) is 32.7 Å². The third-order valence-electron chi connectivity index (χ3n) is 6.05. The number of carbonyl (C=O) groups excluding carboxylic acids is 4. The Morgan fingerprint density at radius 1 is 1.23 bits per heavy atom. The van der Waals surface area contributed by atoms with Crippen LogP contribution in [0.25, 0.3) is 0 Å². The van der Waals surface area contributed by atoms with E-state index < -0.39 is 79.9 Å². The number of β-lactam (4-membered cyclic amide) rings is 1. The van der Waals surface area contributed by atoms with Gasteiger partial charge in [0.1, 0.15) is 12.0 Å². The van der Waals surface area contributed by atoms with Crippen molar-refractivity contribution in [3.8, 4) is 0 Å². The molecule has 3 fully saturated rings. The van der Waals surface area contributed by atoms with E-state index in [4.69, 9.17) is 9.47 Å². The molecule has 0 saturated carbocycles. The van der Waals surface area contributed by atoms with Crippen LogP contribution >= 0.6 is 0 Å². The van der Waals surface area contributed by atoms with E-state index in [1.807, 2.05) is 0 Å². The first-order valence-corrected chi connectivity index (χ1v) is 11.5. The Hall–Kier alpha value is -2.05. The van der Waals surface area contributed by atoms with Crippen LogP contribution in [0.2, 0.25) is 0 Å². The molecule has 3 saturated heterocycles. The van der Waals surface area contributed by atoms with Crippen LogP contribution in [0.1, 0.15) is 41.0 Å². The number of β-amino-alcohol motifs (C(OH)–C–C–N with tert-alkyl or cyclic N) is 1. The van der Waals surface area contributed by atoms with Gasteiger partial charge in [-0.1, -0.05) is 0 Å². The Morgan fingerprint density at radius 2 is 1.84 bits per heavy atom. The quantitative estimate of drug-likeness (QED) is 0.219. The molecule has 0 aromatic carbocycles. The topological polar surface area (TPSA) is 156 Å². The number of ketones is 1. The number of Topliss-reactive ketones (excluding diaryl/α,β-unsaturated/α-hetero) is 1. The van der Waals surface area contributed by atoms with Crippen LogP contribution in [0.5, 0.6) is 0 Å². The second-order valence-corrected chi connectivity index (χ2v) is 12.3. The van der Waals surface area contributed by atoms with Crippen LogP contribution in [0.3, 0.4) is 0 Å². The number of rotatable bonds is 5. The molecule has 0 aromatic rings. The molecule has 0 radical (unpaired) electrons. The average Bonchev–Trinajstić information content (AvgIpc) is 3.12. The van der Waals surface area contributed by atoms with Crippen molar-refractivity contribution >= 4 is 33.5 Å². The smallest absolute Gasteiger partial charge is 0.333 e. The molecule has 1 amide bonds. The molecule has 174 valence electrons. The highest BCUT2D eigenvalue weighted by Crippen LogP contribution is 2.49. The summed E-state index contributed by atoms with van der Waals surface area (Å²) in [5.74, 6) is -4.49. The zero-order chi connectivity index (χ0) is 23.5. The first-order chi connectivity index (χ1) is 14.1. The van der Waals surface area contributed by atoms with Crippen molar-refractivity contribution in [1.29, 1.82) is 0 Å². The lowest BCUT2D eigenvalue weighted by molar-refractivity contribution is -0.182. The number of ether oxygens (including phenoxy) is 2. The Kier molecular flexibility index (Phi) is 5.73. The lowest BCUT2D eigenvalue weighted by Gasteiger charge is -2.42. The Bertz CT molecular complexity index is 921. The molecule has 11 nitrogen and oxygen atoms in total. The summed E-state index contributed by atoms with van der Waals surface area (Å²) in [6.07, 6.45) is -0.668. The van der Waals surface area contributed by atoms with Gasteiger partial charge in [-0.15, -0.1) is 0 Å². The fraction of sp³-hybridized carbons (Fsp3) is 0.789. The molecule has 0 aliphatic carbocycles. The standard InChI is InChI=1S/C19H28N2O9S/c1-18(2,3)17(26)30-8-29-16(25)13-19(4,5)31(27,28)15-11(14(24)21(13)15)12(23)10-6-9(22)7-20-10/h9-11,13,15,20,22H,6-8H2,1-5H3/t9?,10-,11+,13-,15+/m0/s1. The number of amides is 1. The third-order valence-corrected chi connectivity index (χ3v) is 8.88. The summed E-state index contributed by atoms with van der Waals surface area (Å²) in [6, 6.07) is -2.30. The molecule has 0 spiro atoms. The highest BCUT2D eigenvalue weighted by molar-refractivity contribution is 7.94. The van der Waals surface area contributed by atoms with E-state index in [0.717, 1.165) is 4.90 Å². The lowest BCUT2D eigenvalue weighted by atomic mass is 9.85. The van der Waals surface area contributed by atoms with Gasteiger partial charge in [-0.25, -0.2) is 13.2 Å². The Morgan fingerprint density at radius 3 is 2.35 bits per heavy atom. The van der Waals surface area contributed by atoms with E-state index in [1.54, 1.807) is 20.8 Å². The average molecular weight is 461 g/mol. The minimum absolute atomic E-state index is 0.0867. The van der Waals surface area contributed by atoms with Crippen molar-refractivity contribution in [3.05, 3.63) is 0 Å². The summed E-state index contributed by atoms with van der Waals surface area (Å²) in [5, 5.41) is 10.9. The largest absolute Gasteiger partial charge is 0.427 e. The van der Waals surface area contributed by atoms with Gasteiger partial charge in [0.25, 0.3) is 0 Å². The normalized spacial score (nSPS) is 33.4. The molecule has 3 aliphatic rings. The van der Waals surface area contributed by atoms with Gasteiger partial charge < -0.3 is 24.8 Å². The summed E-state index contributed by atoms with van der Waals surface area (Å²) >= 11 is 0. The molecule has 5 atom stereocenters. The van der Waals surface area contributed by atoms with E-state index in [0.29, 0.717) is 0 Å². The summed E-state index contributed by atoms with van der Waals surface area (Å²) in [6.45, 7) is 6.88. The van der Waals surface area contributed by atoms with E-state index in [2.05, 4.69) is 5.32 Å². The molecule has 31 heavy (non-hydrogen) atoms. The molecule has 0 bridgehead atoms. The maximum Gasteiger partial charge on any atom is 0.333 e. The second-order valence-electron chi connectivity index (χ2n) is 9.68. The first kappa shape index (κ1) is 23.6. The summed E-state index contributed by atoms with van der Waals surface area (Å²) < 4.78 is 34.4. The number of fused-ring (bicyclic) bond motifs is 1. The molecule has 3 aliphatic heterocycles. The van der Waals surface area contributed by atoms with Crippen molar-refractivity contribution < 1.29 is 42.2 Å². The maximum absolute atomic E-state index is 13.1. The van der Waals surface area contributed by atoms with Gasteiger partial charge >= 0.3 is 11.9 Å². The maximum atomic E-state index is 13.1. The molecule has 0 aromatic heterocycles. The van der Waals surface area contributed by atoms with Gasteiger partial charge in [0, 0.05) is 6.54 Å². The van der Waals surface area contributed by atoms with Crippen molar-refractivity contribution in [3.63, 3.8) is 0 Å². The van der Waals surface area contributed by atoms with Crippen LogP contribution in [0, 0.1) is 11.3 Å². The highest BCUT2D eigenvalue weighted by atomic mass is 32.2. The van der Waals surface area contributed by atoms with Crippen LogP contribution in [0.4, 0.5) is 0 Å². The van der Waals surface area contributed by atoms with Crippen LogP contribution in [0.15, 0.2) is 0 Å². The van der Waals surface area contributed by atoms with E-state index >= 15 is 0 Å². The van der Waals surface area contributed by atoms with Crippen LogP contribution in [-0.2, 0) is 38.5 Å². The Balaban J connectivity index is 1.77. The van der Waals surface area contributed by atoms with Gasteiger partial charge in [-0.05, 0) is 41.0 Å². The van der Waals surface area contributed by atoms with E-state index in [-0.39, 0.29) is 13.0 Å². The molecule has 3 heterocycles. The number of aliphatic hydroxyl groups excluding tert-OH is 1. The predicted octanol–water partition coefficient (Wildman–Crippen LogP) is -1.27. The van der Waals surface area contributed by atoms with Gasteiger partial charge in [0.15, 0.2) is 21.0 Å². The SMILES string of the molecule is CC(C)(C)C(=O)OCOC(=O)[C@@H]1N2C(=O)[C@@H](C(=O)[C@@H]3CC(O)CN3)[C@H]2S(=O)(=O)C1(C)C. The predicted molar refractivity (Wildman–Crippen MR) is 105 cm³/mol. The van der Waals surface area contributed by atoms with Crippen molar-refractivity contribution in [2.75, 3.05) is 13.3 Å². The van der Waals surface area contributed by atoms with Gasteiger partial charge in [-0.2, -0.15) is 0 Å². The summed E-state index contributed by atoms with van der Waals surface area (Å²) in [4.78, 5) is 50.9. The molecule has 1 unspecified atom stereocenters. The van der Waals surface area contributed by atoms with Crippen LogP contribution in [-0.4, -0.2) is 83.7 Å². The number of aliphatic hydroxyl groups is 1. The third kappa shape index (κ3) is 3.64. The van der Waals surface area contributed by atoms with Gasteiger partial charge in [0.2, 0.25) is 12.7 Å². The van der Waals surface area contributed by atoms with Gasteiger partial charge in [0.05, 0.1) is 22.3 Å². The molecule has 12 heteroatoms. The monoisotopic (exact) mass is 460 g/mol. The minimum Gasteiger partial charge on any atom is -0.427 e. The zero-order valence-electron chi connectivity index (χ0n) is 18.1. The highest BCUT2D eigenvalue weighted by Gasteiger charge is 2.74. The number of nitrogens with zero attached hydrogens (tertiary/aromatic N) is 1. The number of esters is 2. The number of hydrogen-bond acceptors (Lipinski definition) is 10. The number of hydrogen-bond donors (Lipinski definition) is 2. The molecule has 2 N–H and O–H groups in total. The number of sulfone groups is 1. The van der Waals surface area contributed by atoms with Crippen molar-refractivity contribution in [1.82, 2.24) is 10.2 Å². The lowest BCUT2D eigenvalue weighted by Crippen LogP contribution is -2.67. The van der Waals surface area contributed by atoms with Crippen molar-refractivity contribution in [2.45, 2.75) is 69.3 Å². The molecule has 3 rings (SSSR count). The minimum atomic E-state index is -4.11. The fourth-order valence-corrected chi connectivity index (χ4v) is 6.41. The zero-order valence-corrected chi connectivity index (χ0v) is 18.9. The Labute approximate surface area is 180 Å². The molecular formula is C19H28N2O9S. The number of carbonyl (C=O) groups is 4. The summed E-state index contributed by atoms with van der Waals surface area (Å²) in [7, 11) is -4.11. The van der Waals surface area contributed by atoms with Crippen molar-refractivity contribution in [2.24, 2.45) is 11.3 Å². The second kappa shape index (κ2) is 7.52. The van der Waals surface area contributed by atoms with E-state index in [1.165, 1.54) is 13.8 Å². The van der Waals surface area contributed by atoms with Gasteiger partial charge in [-0.3, -0.25) is 14.4 Å². The summed E-state index contributed by atoms with van der Waals surface area (Å²) in [5.41, 5.74) is -0.823. The fourth-order valence-electron chi connectivity index (χ4n) is 4.14. The first-order valence-electron chi connectivity index (χ1n) is 9.97. The van der Waals surface area contributed by atoms with Crippen LogP contribution < -0.4 is 5.32 Å².